The molecule has 2 aliphatic rings. The zero-order chi connectivity index (χ0) is 27.4. The second-order valence-corrected chi connectivity index (χ2v) is 12.0. The first-order valence-electron chi connectivity index (χ1n) is 13.9. The lowest BCUT2D eigenvalue weighted by atomic mass is 9.87. The van der Waals surface area contributed by atoms with Crippen LogP contribution in [-0.4, -0.2) is 82.3 Å². The van der Waals surface area contributed by atoms with Crippen LogP contribution < -0.4 is 5.32 Å². The molecule has 8 nitrogen and oxygen atoms in total. The van der Waals surface area contributed by atoms with Crippen LogP contribution in [0.4, 0.5) is 5.82 Å². The summed E-state index contributed by atoms with van der Waals surface area (Å²) in [7, 11) is 3.65. The molecule has 1 aromatic heterocycles. The van der Waals surface area contributed by atoms with Crippen LogP contribution in [0.2, 0.25) is 0 Å². The molecular formula is C30H44N6O2. The van der Waals surface area contributed by atoms with Gasteiger partial charge >= 0.3 is 0 Å². The highest BCUT2D eigenvalue weighted by Gasteiger charge is 2.35. The molecule has 0 radical (unpaired) electrons. The average molecular weight is 521 g/mol. The molecule has 4 rings (SSSR count). The van der Waals surface area contributed by atoms with Crippen molar-refractivity contribution < 1.29 is 9.59 Å². The third-order valence-corrected chi connectivity index (χ3v) is 8.12. The van der Waals surface area contributed by atoms with Crippen LogP contribution in [-0.2, 0) is 16.8 Å². The number of carbonyl (C=O) groups excluding carboxylic acids is 2. The molecule has 2 aromatic rings. The van der Waals surface area contributed by atoms with Crippen LogP contribution >= 0.6 is 0 Å². The summed E-state index contributed by atoms with van der Waals surface area (Å²) < 4.78 is 0. The maximum Gasteiger partial charge on any atom is 0.272 e. The van der Waals surface area contributed by atoms with Crippen molar-refractivity contribution in [3.05, 3.63) is 53.0 Å². The molecule has 2 aliphatic heterocycles. The molecule has 0 bridgehead atoms. The molecular weight excluding hydrogens is 476 g/mol. The number of rotatable bonds is 7. The molecule has 2 fully saturated rings. The monoisotopic (exact) mass is 520 g/mol. The SMILES string of the molecule is Cc1c(NCc2ccc(C(C)(C)C)cc2)ncnc1C(=O)N1CCC(N2CCC[C@@H]2CC(=O)N(C)C)CC1. The van der Waals surface area contributed by atoms with Gasteiger partial charge in [-0.25, -0.2) is 9.97 Å². The average Bonchev–Trinajstić information content (AvgIpc) is 3.35. The lowest BCUT2D eigenvalue weighted by Gasteiger charge is -2.39. The Morgan fingerprint density at radius 2 is 1.71 bits per heavy atom. The third-order valence-electron chi connectivity index (χ3n) is 8.12. The lowest BCUT2D eigenvalue weighted by Crippen LogP contribution is -2.49. The molecule has 0 unspecified atom stereocenters. The maximum atomic E-state index is 13.4. The van der Waals surface area contributed by atoms with Crippen LogP contribution in [0.1, 0.15) is 80.1 Å². The minimum absolute atomic E-state index is 0.0262. The van der Waals surface area contributed by atoms with Gasteiger partial charge in [-0.15, -0.1) is 0 Å². The summed E-state index contributed by atoms with van der Waals surface area (Å²) in [6.45, 7) is 11.6. The van der Waals surface area contributed by atoms with Gasteiger partial charge in [0.05, 0.1) is 0 Å². The molecule has 0 saturated carbocycles. The first kappa shape index (κ1) is 28.0. The summed E-state index contributed by atoms with van der Waals surface area (Å²) >= 11 is 0. The van der Waals surface area contributed by atoms with Crippen LogP contribution in [0.5, 0.6) is 0 Å². The molecule has 2 amide bonds. The van der Waals surface area contributed by atoms with E-state index in [1.807, 2.05) is 25.9 Å². The van der Waals surface area contributed by atoms with Gasteiger partial charge < -0.3 is 15.1 Å². The first-order chi connectivity index (χ1) is 18.0. The molecule has 0 spiro atoms. The number of carbonyl (C=O) groups is 2. The van der Waals surface area contributed by atoms with E-state index in [0.717, 1.165) is 37.8 Å². The van der Waals surface area contributed by atoms with E-state index in [-0.39, 0.29) is 17.2 Å². The molecule has 1 atom stereocenters. The zero-order valence-corrected chi connectivity index (χ0v) is 24.0. The smallest absolute Gasteiger partial charge is 0.272 e. The van der Waals surface area contributed by atoms with Crippen molar-refractivity contribution in [3.63, 3.8) is 0 Å². The predicted molar refractivity (Wildman–Crippen MR) is 151 cm³/mol. The summed E-state index contributed by atoms with van der Waals surface area (Å²) in [5.74, 6) is 0.866. The number of nitrogens with zero attached hydrogens (tertiary/aromatic N) is 5. The number of benzene rings is 1. The van der Waals surface area contributed by atoms with Crippen LogP contribution in [0.15, 0.2) is 30.6 Å². The Hall–Kier alpha value is -3.00. The van der Waals surface area contributed by atoms with E-state index in [9.17, 15) is 9.59 Å². The van der Waals surface area contributed by atoms with Crippen LogP contribution in [0.25, 0.3) is 0 Å². The van der Waals surface area contributed by atoms with Crippen molar-refractivity contribution in [2.45, 2.75) is 83.8 Å². The Kier molecular flexibility index (Phi) is 8.71. The number of likely N-dealkylation sites (tertiary alicyclic amines) is 2. The Balaban J connectivity index is 1.34. The van der Waals surface area contributed by atoms with E-state index in [1.54, 1.807) is 4.90 Å². The zero-order valence-electron chi connectivity index (χ0n) is 24.0. The molecule has 38 heavy (non-hydrogen) atoms. The Morgan fingerprint density at radius 1 is 1.03 bits per heavy atom. The van der Waals surface area contributed by atoms with Crippen molar-refractivity contribution in [2.75, 3.05) is 39.0 Å². The number of anilines is 1. The number of piperidine rings is 1. The van der Waals surface area contributed by atoms with E-state index in [1.165, 1.54) is 17.5 Å². The second kappa shape index (κ2) is 11.8. The van der Waals surface area contributed by atoms with Gasteiger partial charge in [0.25, 0.3) is 5.91 Å². The van der Waals surface area contributed by atoms with E-state index < -0.39 is 0 Å². The number of hydrogen-bond acceptors (Lipinski definition) is 6. The van der Waals surface area contributed by atoms with Crippen LogP contribution in [0.3, 0.4) is 0 Å². The minimum Gasteiger partial charge on any atom is -0.366 e. The quantitative estimate of drug-likeness (QED) is 0.588. The fourth-order valence-electron chi connectivity index (χ4n) is 5.64. The van der Waals surface area contributed by atoms with Crippen molar-refractivity contribution in [2.24, 2.45) is 0 Å². The number of amides is 2. The second-order valence-electron chi connectivity index (χ2n) is 12.0. The minimum atomic E-state index is -0.0262. The fourth-order valence-corrected chi connectivity index (χ4v) is 5.64. The Morgan fingerprint density at radius 3 is 2.34 bits per heavy atom. The molecule has 1 aromatic carbocycles. The Bertz CT molecular complexity index is 1120. The third kappa shape index (κ3) is 6.52. The molecule has 8 heteroatoms. The summed E-state index contributed by atoms with van der Waals surface area (Å²) in [5.41, 5.74) is 3.85. The lowest BCUT2D eigenvalue weighted by molar-refractivity contribution is -0.130. The fraction of sp³-hybridized carbons (Fsp3) is 0.600. The van der Waals surface area contributed by atoms with Crippen molar-refractivity contribution in [1.29, 1.82) is 0 Å². The van der Waals surface area contributed by atoms with E-state index >= 15 is 0 Å². The first-order valence-corrected chi connectivity index (χ1v) is 13.9. The number of hydrogen-bond donors (Lipinski definition) is 1. The molecule has 2 saturated heterocycles. The van der Waals surface area contributed by atoms with E-state index in [0.29, 0.717) is 49.7 Å². The van der Waals surface area contributed by atoms with Gasteiger partial charge in [0, 0.05) is 57.8 Å². The standard InChI is InChI=1S/C30H44N6O2/c1-21-27(32-20-33-28(21)31-19-22-9-11-23(12-10-22)30(2,3)4)29(38)35-16-13-24(14-17-35)36-15-7-8-25(36)18-26(37)34(5)6/h9-12,20,24-25H,7-8,13-19H2,1-6H3,(H,31,32,33)/t25-/m1/s1. The largest absolute Gasteiger partial charge is 0.366 e. The van der Waals surface area contributed by atoms with Crippen LogP contribution in [0, 0.1) is 6.92 Å². The van der Waals surface area contributed by atoms with Gasteiger partial charge in [-0.3, -0.25) is 14.5 Å². The summed E-state index contributed by atoms with van der Waals surface area (Å²) in [6, 6.07) is 9.37. The highest BCUT2D eigenvalue weighted by Crippen LogP contribution is 2.29. The predicted octanol–water partition coefficient (Wildman–Crippen LogP) is 4.24. The summed E-state index contributed by atoms with van der Waals surface area (Å²) in [5, 5.41) is 3.40. The molecule has 206 valence electrons. The number of aromatic nitrogens is 2. The summed E-state index contributed by atoms with van der Waals surface area (Å²) in [6.07, 6.45) is 6.14. The maximum absolute atomic E-state index is 13.4. The Labute approximate surface area is 227 Å². The van der Waals surface area contributed by atoms with E-state index in [2.05, 4.69) is 65.2 Å². The summed E-state index contributed by atoms with van der Waals surface area (Å²) in [4.78, 5) is 40.7. The van der Waals surface area contributed by atoms with Crippen molar-refractivity contribution in [3.8, 4) is 0 Å². The molecule has 0 aliphatic carbocycles. The van der Waals surface area contributed by atoms with Gasteiger partial charge in [0.2, 0.25) is 5.91 Å². The van der Waals surface area contributed by atoms with Gasteiger partial charge in [0.1, 0.15) is 17.8 Å². The van der Waals surface area contributed by atoms with Crippen molar-refractivity contribution >= 4 is 17.6 Å². The van der Waals surface area contributed by atoms with Crippen molar-refractivity contribution in [1.82, 2.24) is 24.7 Å². The molecule has 3 heterocycles. The van der Waals surface area contributed by atoms with Gasteiger partial charge in [0.15, 0.2) is 0 Å². The van der Waals surface area contributed by atoms with Gasteiger partial charge in [-0.1, -0.05) is 45.0 Å². The highest BCUT2D eigenvalue weighted by molar-refractivity contribution is 5.94. The molecule has 1 N–H and O–H groups in total. The highest BCUT2D eigenvalue weighted by atomic mass is 16.2. The van der Waals surface area contributed by atoms with Gasteiger partial charge in [-0.2, -0.15) is 0 Å². The van der Waals surface area contributed by atoms with E-state index in [4.69, 9.17) is 0 Å². The van der Waals surface area contributed by atoms with Gasteiger partial charge in [-0.05, 0) is 55.7 Å². The topological polar surface area (TPSA) is 81.7 Å². The normalized spacial score (nSPS) is 19.0. The number of nitrogens with one attached hydrogen (secondary N) is 1.